The summed E-state index contributed by atoms with van der Waals surface area (Å²) in [6, 6.07) is 5.97. The van der Waals surface area contributed by atoms with Gasteiger partial charge in [-0.3, -0.25) is 9.59 Å². The van der Waals surface area contributed by atoms with Crippen LogP contribution in [0.25, 0.3) is 21.8 Å². The first-order valence-electron chi connectivity index (χ1n) is 8.75. The zero-order chi connectivity index (χ0) is 19.3. The highest BCUT2D eigenvalue weighted by atomic mass is 19.1. The molecule has 4 rings (SSSR count). The first kappa shape index (κ1) is 17.6. The largest absolute Gasteiger partial charge is 0.354 e. The molecule has 1 fully saturated rings. The smallest absolute Gasteiger partial charge is 0.256 e. The number of nitrogens with two attached hydrogens (primary N) is 1. The summed E-state index contributed by atoms with van der Waals surface area (Å²) in [6.07, 6.45) is 0.765. The summed E-state index contributed by atoms with van der Waals surface area (Å²) in [5, 5.41) is 0.139. The average Bonchev–Trinajstić information content (AvgIpc) is 3.05. The molecule has 0 spiro atoms. The molecule has 140 valence electrons. The summed E-state index contributed by atoms with van der Waals surface area (Å²) in [7, 11) is 0. The van der Waals surface area contributed by atoms with Crippen molar-refractivity contribution < 1.29 is 13.6 Å². The van der Waals surface area contributed by atoms with Gasteiger partial charge in [0.2, 0.25) is 0 Å². The van der Waals surface area contributed by atoms with Gasteiger partial charge in [0.15, 0.2) is 5.43 Å². The molecule has 1 aliphatic heterocycles. The Morgan fingerprint density at radius 1 is 1.22 bits per heavy atom. The Hall–Kier alpha value is -2.80. The van der Waals surface area contributed by atoms with Crippen molar-refractivity contribution in [2.24, 2.45) is 11.1 Å². The molecule has 2 heterocycles. The average molecular weight is 371 g/mol. The summed E-state index contributed by atoms with van der Waals surface area (Å²) < 4.78 is 27.7. The Labute approximate surface area is 153 Å². The van der Waals surface area contributed by atoms with E-state index in [-0.39, 0.29) is 33.2 Å². The third-order valence-electron chi connectivity index (χ3n) is 5.40. The minimum Gasteiger partial charge on any atom is -0.354 e. The Bertz CT molecular complexity index is 1140. The summed E-state index contributed by atoms with van der Waals surface area (Å²) in [5.41, 5.74) is 5.86. The summed E-state index contributed by atoms with van der Waals surface area (Å²) in [4.78, 5) is 30.4. The molecule has 1 aliphatic rings. The lowest BCUT2D eigenvalue weighted by molar-refractivity contribution is 0.0778. The van der Waals surface area contributed by atoms with E-state index in [4.69, 9.17) is 5.73 Å². The van der Waals surface area contributed by atoms with Gasteiger partial charge in [0, 0.05) is 29.4 Å². The number of aromatic amines is 1. The van der Waals surface area contributed by atoms with E-state index < -0.39 is 17.1 Å². The number of hydrogen-bond acceptors (Lipinski definition) is 3. The predicted molar refractivity (Wildman–Crippen MR) is 99.7 cm³/mol. The summed E-state index contributed by atoms with van der Waals surface area (Å²) in [6.45, 7) is 3.46. The standard InChI is InChI=1S/C20H19F2N3O2/c1-20(9-23)4-5-25(10-20)19(27)15-8-12(22)7-14-17(15)24-16-3-2-11(21)6-13(16)18(14)26/h2-3,6-8H,4-5,9-10,23H2,1H3,(H,24,26). The van der Waals surface area contributed by atoms with Crippen LogP contribution in [0.5, 0.6) is 0 Å². The number of nitrogens with one attached hydrogen (secondary N) is 1. The number of amides is 1. The van der Waals surface area contributed by atoms with Gasteiger partial charge >= 0.3 is 0 Å². The fourth-order valence-corrected chi connectivity index (χ4v) is 3.72. The fourth-order valence-electron chi connectivity index (χ4n) is 3.72. The molecule has 0 bridgehead atoms. The van der Waals surface area contributed by atoms with Gasteiger partial charge < -0.3 is 15.6 Å². The van der Waals surface area contributed by atoms with Crippen LogP contribution in [0, 0.1) is 17.0 Å². The van der Waals surface area contributed by atoms with E-state index in [9.17, 15) is 18.4 Å². The van der Waals surface area contributed by atoms with Crippen LogP contribution in [0.4, 0.5) is 8.78 Å². The van der Waals surface area contributed by atoms with Gasteiger partial charge in [0.1, 0.15) is 11.6 Å². The topological polar surface area (TPSA) is 79.2 Å². The number of benzene rings is 2. The molecular weight excluding hydrogens is 352 g/mol. The maximum absolute atomic E-state index is 14.2. The van der Waals surface area contributed by atoms with Crippen molar-refractivity contribution in [1.29, 1.82) is 0 Å². The number of likely N-dealkylation sites (tertiary alicyclic amines) is 1. The Kier molecular flexibility index (Phi) is 3.99. The Morgan fingerprint density at radius 2 is 1.96 bits per heavy atom. The molecule has 7 heteroatoms. The van der Waals surface area contributed by atoms with Crippen LogP contribution in [0.1, 0.15) is 23.7 Å². The van der Waals surface area contributed by atoms with Gasteiger partial charge in [0.05, 0.1) is 11.1 Å². The highest BCUT2D eigenvalue weighted by molar-refractivity contribution is 6.07. The molecule has 5 nitrogen and oxygen atoms in total. The molecule has 2 aromatic carbocycles. The number of aromatic nitrogens is 1. The minimum absolute atomic E-state index is 0.0252. The molecule has 0 radical (unpaired) electrons. The molecule has 0 saturated carbocycles. The number of rotatable bonds is 2. The SMILES string of the molecule is CC1(CN)CCN(C(=O)c2cc(F)cc3c(=O)c4cc(F)ccc4[nH]c23)C1. The first-order chi connectivity index (χ1) is 12.8. The maximum Gasteiger partial charge on any atom is 0.256 e. The lowest BCUT2D eigenvalue weighted by Gasteiger charge is -2.23. The summed E-state index contributed by atoms with van der Waals surface area (Å²) >= 11 is 0. The van der Waals surface area contributed by atoms with Crippen LogP contribution in [0.2, 0.25) is 0 Å². The molecule has 0 aliphatic carbocycles. The quantitative estimate of drug-likeness (QED) is 0.680. The van der Waals surface area contributed by atoms with Crippen LogP contribution in [-0.4, -0.2) is 35.4 Å². The number of hydrogen-bond donors (Lipinski definition) is 2. The predicted octanol–water partition coefficient (Wildman–Crippen LogP) is 2.77. The van der Waals surface area contributed by atoms with Crippen molar-refractivity contribution in [1.82, 2.24) is 9.88 Å². The van der Waals surface area contributed by atoms with E-state index in [1.807, 2.05) is 6.92 Å². The number of fused-ring (bicyclic) bond motifs is 2. The van der Waals surface area contributed by atoms with Crippen LogP contribution in [0.15, 0.2) is 35.1 Å². The van der Waals surface area contributed by atoms with Crippen molar-refractivity contribution in [2.45, 2.75) is 13.3 Å². The molecular formula is C20H19F2N3O2. The van der Waals surface area contributed by atoms with Crippen molar-refractivity contribution >= 4 is 27.7 Å². The van der Waals surface area contributed by atoms with E-state index in [1.165, 1.54) is 12.1 Å². The van der Waals surface area contributed by atoms with Crippen molar-refractivity contribution in [3.05, 3.63) is 57.8 Å². The number of nitrogens with zero attached hydrogens (tertiary/aromatic N) is 1. The fraction of sp³-hybridized carbons (Fsp3) is 0.300. The van der Waals surface area contributed by atoms with Gasteiger partial charge in [-0.05, 0) is 48.7 Å². The molecule has 1 atom stereocenters. The second kappa shape index (κ2) is 6.13. The Balaban J connectivity index is 1.91. The molecule has 1 unspecified atom stereocenters. The van der Waals surface area contributed by atoms with Gasteiger partial charge in [-0.15, -0.1) is 0 Å². The van der Waals surface area contributed by atoms with Crippen LogP contribution in [-0.2, 0) is 0 Å². The maximum atomic E-state index is 14.2. The van der Waals surface area contributed by atoms with Crippen molar-refractivity contribution in [3.8, 4) is 0 Å². The van der Waals surface area contributed by atoms with E-state index in [2.05, 4.69) is 4.98 Å². The van der Waals surface area contributed by atoms with E-state index in [0.717, 1.165) is 24.6 Å². The number of carbonyl (C=O) groups excluding carboxylic acids is 1. The molecule has 27 heavy (non-hydrogen) atoms. The number of halogens is 2. The minimum atomic E-state index is -0.687. The first-order valence-corrected chi connectivity index (χ1v) is 8.75. The lowest BCUT2D eigenvalue weighted by Crippen LogP contribution is -2.34. The van der Waals surface area contributed by atoms with E-state index >= 15 is 0 Å². The van der Waals surface area contributed by atoms with Crippen LogP contribution >= 0.6 is 0 Å². The number of H-pyrrole nitrogens is 1. The van der Waals surface area contributed by atoms with Crippen molar-refractivity contribution in [2.75, 3.05) is 19.6 Å². The highest BCUT2D eigenvalue weighted by Gasteiger charge is 2.36. The highest BCUT2D eigenvalue weighted by Crippen LogP contribution is 2.31. The molecule has 1 aromatic heterocycles. The monoisotopic (exact) mass is 371 g/mol. The van der Waals surface area contributed by atoms with Gasteiger partial charge in [0.25, 0.3) is 5.91 Å². The van der Waals surface area contributed by atoms with Gasteiger partial charge in [-0.1, -0.05) is 6.92 Å². The molecule has 3 N–H and O–H groups in total. The summed E-state index contributed by atoms with van der Waals surface area (Å²) in [5.74, 6) is -1.60. The number of carbonyl (C=O) groups is 1. The number of pyridine rings is 1. The van der Waals surface area contributed by atoms with Gasteiger partial charge in [-0.25, -0.2) is 8.78 Å². The second-order valence-corrected chi connectivity index (χ2v) is 7.51. The molecule has 3 aromatic rings. The van der Waals surface area contributed by atoms with Crippen molar-refractivity contribution in [3.63, 3.8) is 0 Å². The third-order valence-corrected chi connectivity index (χ3v) is 5.40. The van der Waals surface area contributed by atoms with Gasteiger partial charge in [-0.2, -0.15) is 0 Å². The molecule has 1 amide bonds. The van der Waals surface area contributed by atoms with E-state index in [0.29, 0.717) is 25.2 Å². The lowest BCUT2D eigenvalue weighted by atomic mass is 9.90. The second-order valence-electron chi connectivity index (χ2n) is 7.51. The zero-order valence-corrected chi connectivity index (χ0v) is 14.8. The van der Waals surface area contributed by atoms with E-state index in [1.54, 1.807) is 4.90 Å². The van der Waals surface area contributed by atoms with Crippen LogP contribution in [0.3, 0.4) is 0 Å². The van der Waals surface area contributed by atoms with Crippen LogP contribution < -0.4 is 11.2 Å². The third kappa shape index (κ3) is 2.88. The normalized spacial score (nSPS) is 19.9. The molecule has 1 saturated heterocycles. The Morgan fingerprint density at radius 3 is 2.67 bits per heavy atom. The zero-order valence-electron chi connectivity index (χ0n) is 14.8.